The van der Waals surface area contributed by atoms with Gasteiger partial charge in [0, 0.05) is 25.2 Å². The average molecular weight is 400 g/mol. The molecule has 4 aromatic rings. The molecule has 0 N–H and O–H groups in total. The Morgan fingerprint density at radius 1 is 1.10 bits per heavy atom. The fourth-order valence-electron chi connectivity index (χ4n) is 4.14. The molecule has 30 heavy (non-hydrogen) atoms. The van der Waals surface area contributed by atoms with E-state index in [1.807, 2.05) is 60.1 Å². The average Bonchev–Trinajstić information content (AvgIpc) is 3.42. The van der Waals surface area contributed by atoms with Gasteiger partial charge in [0.15, 0.2) is 5.76 Å². The predicted octanol–water partition coefficient (Wildman–Crippen LogP) is 4.00. The molecule has 4 heterocycles. The van der Waals surface area contributed by atoms with Gasteiger partial charge in [-0.05, 0) is 43.3 Å². The van der Waals surface area contributed by atoms with Crippen molar-refractivity contribution >= 4 is 28.8 Å². The zero-order chi connectivity index (χ0) is 20.8. The lowest BCUT2D eigenvalue weighted by atomic mass is 10.0. The van der Waals surface area contributed by atoms with Crippen molar-refractivity contribution in [3.63, 3.8) is 0 Å². The lowest BCUT2D eigenvalue weighted by Crippen LogP contribution is -2.51. The van der Waals surface area contributed by atoms with Gasteiger partial charge in [-0.15, -0.1) is 0 Å². The monoisotopic (exact) mass is 400 g/mol. The number of imidazole rings is 1. The summed E-state index contributed by atoms with van der Waals surface area (Å²) in [7, 11) is 0. The van der Waals surface area contributed by atoms with E-state index >= 15 is 0 Å². The molecule has 150 valence electrons. The molecular weight excluding hydrogens is 380 g/mol. The highest BCUT2D eigenvalue weighted by Crippen LogP contribution is 2.39. The number of carbonyl (C=O) groups is 2. The summed E-state index contributed by atoms with van der Waals surface area (Å²) in [5.74, 6) is -0.0207. The van der Waals surface area contributed by atoms with Gasteiger partial charge >= 0.3 is 0 Å². The van der Waals surface area contributed by atoms with E-state index in [4.69, 9.17) is 4.42 Å². The first-order chi connectivity index (χ1) is 14.5. The first-order valence-corrected chi connectivity index (χ1v) is 9.76. The lowest BCUT2D eigenvalue weighted by molar-refractivity contribution is -0.117. The molecule has 0 saturated heterocycles. The summed E-state index contributed by atoms with van der Waals surface area (Å²) in [6, 6.07) is 14.8. The van der Waals surface area contributed by atoms with Gasteiger partial charge < -0.3 is 14.2 Å². The van der Waals surface area contributed by atoms with E-state index in [1.165, 1.54) is 6.26 Å². The predicted molar refractivity (Wildman–Crippen MR) is 114 cm³/mol. The largest absolute Gasteiger partial charge is 0.459 e. The van der Waals surface area contributed by atoms with Crippen molar-refractivity contribution < 1.29 is 14.0 Å². The number of hydrogen-bond acceptors (Lipinski definition) is 4. The number of hydrogen-bond donors (Lipinski definition) is 0. The number of nitrogens with zero attached hydrogens (tertiary/aromatic N) is 4. The normalized spacial score (nSPS) is 16.0. The third kappa shape index (κ3) is 2.78. The van der Waals surface area contributed by atoms with Gasteiger partial charge in [-0.25, -0.2) is 4.98 Å². The molecule has 0 fully saturated rings. The topological polar surface area (TPSA) is 71.1 Å². The number of amides is 2. The maximum Gasteiger partial charge on any atom is 0.294 e. The Balaban J connectivity index is 1.67. The van der Waals surface area contributed by atoms with Crippen molar-refractivity contribution in [2.75, 3.05) is 16.3 Å². The van der Waals surface area contributed by atoms with Crippen molar-refractivity contribution in [3.8, 4) is 11.3 Å². The van der Waals surface area contributed by atoms with E-state index in [1.54, 1.807) is 28.9 Å². The number of fused-ring (bicyclic) bond motifs is 2. The van der Waals surface area contributed by atoms with Crippen LogP contribution in [0.3, 0.4) is 0 Å². The minimum Gasteiger partial charge on any atom is -0.459 e. The number of furan rings is 1. The highest BCUT2D eigenvalue weighted by Gasteiger charge is 2.35. The van der Waals surface area contributed by atoms with Crippen molar-refractivity contribution in [2.24, 2.45) is 0 Å². The van der Waals surface area contributed by atoms with Crippen LogP contribution in [-0.2, 0) is 4.79 Å². The summed E-state index contributed by atoms with van der Waals surface area (Å²) in [6.07, 6.45) is 5.25. The van der Waals surface area contributed by atoms with Gasteiger partial charge in [0.25, 0.3) is 5.91 Å². The molecule has 0 saturated carbocycles. The molecule has 7 nitrogen and oxygen atoms in total. The molecule has 1 aliphatic rings. The number of pyridine rings is 1. The molecule has 2 amide bonds. The van der Waals surface area contributed by atoms with Crippen LogP contribution in [-0.4, -0.2) is 33.8 Å². The van der Waals surface area contributed by atoms with Crippen LogP contribution in [0.25, 0.3) is 16.9 Å². The minimum absolute atomic E-state index is 0.0589. The van der Waals surface area contributed by atoms with Gasteiger partial charge in [0.1, 0.15) is 5.65 Å². The van der Waals surface area contributed by atoms with Gasteiger partial charge in [0.2, 0.25) is 5.91 Å². The van der Waals surface area contributed by atoms with E-state index in [2.05, 4.69) is 4.98 Å². The molecule has 3 aromatic heterocycles. The highest BCUT2D eigenvalue weighted by molar-refractivity contribution is 6.10. The summed E-state index contributed by atoms with van der Waals surface area (Å²) in [5.41, 5.74) is 4.04. The van der Waals surface area contributed by atoms with Gasteiger partial charge in [-0.2, -0.15) is 0 Å². The third-order valence-corrected chi connectivity index (χ3v) is 5.44. The zero-order valence-corrected chi connectivity index (χ0v) is 16.6. The summed E-state index contributed by atoms with van der Waals surface area (Å²) >= 11 is 0. The second-order valence-electron chi connectivity index (χ2n) is 7.41. The Labute approximate surface area is 173 Å². The fraction of sp³-hybridized carbons (Fsp3) is 0.174. The van der Waals surface area contributed by atoms with Crippen molar-refractivity contribution in [1.82, 2.24) is 9.38 Å². The Morgan fingerprint density at radius 3 is 2.73 bits per heavy atom. The summed E-state index contributed by atoms with van der Waals surface area (Å²) in [4.78, 5) is 33.4. The Morgan fingerprint density at radius 2 is 1.97 bits per heavy atom. The number of benzene rings is 1. The minimum atomic E-state index is -0.230. The molecule has 0 bridgehead atoms. The highest BCUT2D eigenvalue weighted by atomic mass is 16.3. The van der Waals surface area contributed by atoms with Crippen LogP contribution in [0.1, 0.15) is 24.4 Å². The summed E-state index contributed by atoms with van der Waals surface area (Å²) in [6.45, 7) is 3.86. The quantitative estimate of drug-likeness (QED) is 0.510. The number of anilines is 2. The zero-order valence-electron chi connectivity index (χ0n) is 16.6. The van der Waals surface area contributed by atoms with Crippen LogP contribution >= 0.6 is 0 Å². The first-order valence-electron chi connectivity index (χ1n) is 9.76. The van der Waals surface area contributed by atoms with Crippen LogP contribution in [0, 0.1) is 0 Å². The molecule has 7 heteroatoms. The van der Waals surface area contributed by atoms with E-state index < -0.39 is 0 Å². The van der Waals surface area contributed by atoms with Crippen LogP contribution in [0.4, 0.5) is 11.4 Å². The summed E-state index contributed by atoms with van der Waals surface area (Å²) < 4.78 is 7.34. The SMILES string of the molecule is CC(=O)N1c2ccc(-c3cnc4ccccn34)cc2N(C(=O)c2ccco2)C[C@@H]1C. The van der Waals surface area contributed by atoms with Crippen molar-refractivity contribution in [1.29, 1.82) is 0 Å². The molecule has 0 spiro atoms. The van der Waals surface area contributed by atoms with Gasteiger partial charge in [0.05, 0.1) is 35.6 Å². The number of carbonyl (C=O) groups excluding carboxylic acids is 2. The van der Waals surface area contributed by atoms with E-state index in [0.717, 1.165) is 16.9 Å². The fourth-order valence-corrected chi connectivity index (χ4v) is 4.14. The van der Waals surface area contributed by atoms with Crippen LogP contribution in [0.2, 0.25) is 0 Å². The summed E-state index contributed by atoms with van der Waals surface area (Å²) in [5, 5.41) is 0. The Hall–Kier alpha value is -3.87. The smallest absolute Gasteiger partial charge is 0.294 e. The third-order valence-electron chi connectivity index (χ3n) is 5.44. The molecule has 5 rings (SSSR count). The van der Waals surface area contributed by atoms with Gasteiger partial charge in [-0.3, -0.25) is 14.0 Å². The molecule has 0 unspecified atom stereocenters. The number of rotatable bonds is 2. The maximum absolute atomic E-state index is 13.2. The Bertz CT molecular complexity index is 1260. The molecule has 1 aromatic carbocycles. The molecule has 0 radical (unpaired) electrons. The number of aromatic nitrogens is 2. The molecular formula is C23H20N4O3. The second kappa shape index (κ2) is 6.88. The lowest BCUT2D eigenvalue weighted by Gasteiger charge is -2.40. The van der Waals surface area contributed by atoms with Crippen LogP contribution in [0.15, 0.2) is 71.6 Å². The molecule has 1 aliphatic heterocycles. The Kier molecular flexibility index (Phi) is 4.17. The van der Waals surface area contributed by atoms with Crippen molar-refractivity contribution in [2.45, 2.75) is 19.9 Å². The maximum atomic E-state index is 13.2. The first kappa shape index (κ1) is 18.2. The molecule has 1 atom stereocenters. The van der Waals surface area contributed by atoms with Crippen molar-refractivity contribution in [3.05, 3.63) is 72.9 Å². The van der Waals surface area contributed by atoms with Crippen LogP contribution < -0.4 is 9.80 Å². The van der Waals surface area contributed by atoms with E-state index in [0.29, 0.717) is 17.9 Å². The van der Waals surface area contributed by atoms with Gasteiger partial charge in [-0.1, -0.05) is 12.1 Å². The second-order valence-corrected chi connectivity index (χ2v) is 7.41. The standard InChI is InChI=1S/C23H20N4O3/c1-15-14-26(23(29)21-6-5-11-30-21)19-12-17(8-9-18(19)27(15)16(2)28)20-13-24-22-7-3-4-10-25(20)22/h3-13,15H,14H2,1-2H3/t15-/m0/s1. The molecule has 0 aliphatic carbocycles. The van der Waals surface area contributed by atoms with E-state index in [-0.39, 0.29) is 23.6 Å². The van der Waals surface area contributed by atoms with E-state index in [9.17, 15) is 9.59 Å². The van der Waals surface area contributed by atoms with Crippen LogP contribution in [0.5, 0.6) is 0 Å².